The van der Waals surface area contributed by atoms with Crippen molar-refractivity contribution in [2.24, 2.45) is 0 Å². The second kappa shape index (κ2) is 17.7. The Balaban J connectivity index is 0.943. The van der Waals surface area contributed by atoms with Gasteiger partial charge in [-0.2, -0.15) is 0 Å². The summed E-state index contributed by atoms with van der Waals surface area (Å²) in [6.07, 6.45) is 6.08. The second-order valence-corrected chi connectivity index (χ2v) is 29.3. The van der Waals surface area contributed by atoms with Crippen molar-refractivity contribution in [1.82, 2.24) is 0 Å². The van der Waals surface area contributed by atoms with Crippen molar-refractivity contribution in [2.75, 3.05) is 9.80 Å². The fourth-order valence-corrected chi connectivity index (χ4v) is 16.7. The molecule has 0 bridgehead atoms. The van der Waals surface area contributed by atoms with E-state index in [9.17, 15) is 0 Å². The third-order valence-corrected chi connectivity index (χ3v) is 20.7. The molecule has 5 aliphatic carbocycles. The molecule has 0 fully saturated rings. The molecular weight excluding hydrogens is 1010 g/mol. The van der Waals surface area contributed by atoms with E-state index in [2.05, 4.69) is 307 Å². The number of fused-ring (bicyclic) bond motifs is 14. The summed E-state index contributed by atoms with van der Waals surface area (Å²) in [7, 11) is 0. The largest absolute Gasteiger partial charge is 0.334 e. The molecule has 5 aliphatic rings. The molecule has 0 spiro atoms. The van der Waals surface area contributed by atoms with E-state index in [0.29, 0.717) is 0 Å². The van der Waals surface area contributed by atoms with Gasteiger partial charge in [-0.05, 0) is 200 Å². The lowest BCUT2D eigenvalue weighted by Crippen LogP contribution is -2.32. The fraction of sp³-hybridized carbons (Fsp3) is 0.268. The highest BCUT2D eigenvalue weighted by atomic mass is 15.2. The summed E-state index contributed by atoms with van der Waals surface area (Å²) in [6, 6.07) is 73.1. The van der Waals surface area contributed by atoms with Crippen molar-refractivity contribution in [3.05, 3.63) is 261 Å². The van der Waals surface area contributed by atoms with Gasteiger partial charge in [0.25, 0.3) is 0 Å². The summed E-state index contributed by atoms with van der Waals surface area (Å²) >= 11 is 0. The van der Waals surface area contributed by atoms with E-state index in [0.717, 1.165) is 12.1 Å². The highest BCUT2D eigenvalue weighted by Crippen LogP contribution is 2.57. The summed E-state index contributed by atoms with van der Waals surface area (Å²) in [5, 5.41) is 5.28. The van der Waals surface area contributed by atoms with Gasteiger partial charge in [0.1, 0.15) is 0 Å². The molecule has 0 radical (unpaired) electrons. The van der Waals surface area contributed by atoms with Crippen LogP contribution in [0.25, 0.3) is 60.5 Å². The number of anilines is 5. The van der Waals surface area contributed by atoms with Gasteiger partial charge >= 0.3 is 0 Å². The van der Waals surface area contributed by atoms with Crippen LogP contribution in [-0.2, 0) is 32.5 Å². The number of rotatable bonds is 6. The zero-order valence-electron chi connectivity index (χ0n) is 51.7. The van der Waals surface area contributed by atoms with Crippen molar-refractivity contribution < 1.29 is 0 Å². The van der Waals surface area contributed by atoms with Gasteiger partial charge in [0.2, 0.25) is 0 Å². The molecule has 84 heavy (non-hydrogen) atoms. The van der Waals surface area contributed by atoms with Gasteiger partial charge in [0.15, 0.2) is 0 Å². The van der Waals surface area contributed by atoms with E-state index >= 15 is 0 Å². The van der Waals surface area contributed by atoms with Crippen LogP contribution in [0.15, 0.2) is 206 Å². The Morgan fingerprint density at radius 2 is 0.667 bits per heavy atom. The van der Waals surface area contributed by atoms with E-state index in [1.54, 1.807) is 0 Å². The molecule has 2 nitrogen and oxygen atoms in total. The molecule has 15 rings (SSSR count). The Morgan fingerprint density at radius 1 is 0.333 bits per heavy atom. The Bertz CT molecular complexity index is 4440. The molecule has 0 N–H and O–H groups in total. The predicted octanol–water partition coefficient (Wildman–Crippen LogP) is 22.2. The van der Waals surface area contributed by atoms with E-state index in [-0.39, 0.29) is 38.5 Å². The molecular formula is C82H78N2. The second-order valence-electron chi connectivity index (χ2n) is 29.3. The maximum absolute atomic E-state index is 2.69. The molecule has 0 aromatic heterocycles. The van der Waals surface area contributed by atoms with E-state index in [4.69, 9.17) is 0 Å². The third kappa shape index (κ3) is 7.41. The van der Waals surface area contributed by atoms with Gasteiger partial charge in [-0.25, -0.2) is 0 Å². The standard InChI is InChI=1S/C82H78N2/c1-77(2,3)75-63-41-35-50(84(53-33-39-61-57-25-17-21-29-69(57)81(11,12)73(61)47-53)54-34-40-62-58-26-18-22-30-70(58)82(13,14)74(62)48-54)44-66(63)76(78(4,5)6)64-42-36-49(43-65(64)75)83(51-31-37-59-55-23-15-19-27-67(55)79(7,8)71(59)45-51)52-32-38-60-56-24-16-20-28-68(56)80(9,10)72(60)46-52/h15-33,35-48,54H,34H2,1-14H3. The van der Waals surface area contributed by atoms with Crippen molar-refractivity contribution >= 4 is 55.6 Å². The molecule has 0 amide bonds. The number of allylic oxidation sites excluding steroid dienone is 2. The number of hydrogen-bond acceptors (Lipinski definition) is 2. The third-order valence-electron chi connectivity index (χ3n) is 20.7. The molecule has 0 heterocycles. The molecule has 416 valence electrons. The SMILES string of the molecule is CC(C)(C)c1c2ccc(N(c3ccc4c(c3)C(C)(C)c3ccccc3-4)C3C=C4C(=CC3)c3ccccc3C4(C)C)cc2c(C(C)(C)C)c2ccc(N(c3ccc4c(c3)C(C)(C)c3ccccc3-4)c3ccc4c(c3)C(C)(C)c3ccccc3-4)cc12. The van der Waals surface area contributed by atoms with Gasteiger partial charge in [0.05, 0.1) is 6.04 Å². The quantitative estimate of drug-likeness (QED) is 0.153. The van der Waals surface area contributed by atoms with Crippen molar-refractivity contribution in [1.29, 1.82) is 0 Å². The van der Waals surface area contributed by atoms with Crippen LogP contribution in [0, 0.1) is 0 Å². The Kier molecular flexibility index (Phi) is 11.1. The van der Waals surface area contributed by atoms with Crippen LogP contribution < -0.4 is 9.80 Å². The molecule has 0 aliphatic heterocycles. The normalized spacial score (nSPS) is 17.8. The summed E-state index contributed by atoms with van der Waals surface area (Å²) in [4.78, 5) is 5.25. The van der Waals surface area contributed by atoms with Crippen molar-refractivity contribution in [3.63, 3.8) is 0 Å². The smallest absolute Gasteiger partial charge is 0.0563 e. The molecule has 0 saturated carbocycles. The Hall–Kier alpha value is -8.20. The zero-order chi connectivity index (χ0) is 58.4. The van der Waals surface area contributed by atoms with Crippen molar-refractivity contribution in [2.45, 2.75) is 142 Å². The zero-order valence-corrected chi connectivity index (χ0v) is 51.7. The van der Waals surface area contributed by atoms with Gasteiger partial charge in [-0.15, -0.1) is 0 Å². The van der Waals surface area contributed by atoms with Crippen LogP contribution in [0.1, 0.15) is 159 Å². The van der Waals surface area contributed by atoms with Crippen molar-refractivity contribution in [3.8, 4) is 33.4 Å². The van der Waals surface area contributed by atoms with Gasteiger partial charge in [-0.3, -0.25) is 0 Å². The summed E-state index contributed by atoms with van der Waals surface area (Å²) in [5.41, 5.74) is 29.8. The molecule has 2 heteroatoms. The highest BCUT2D eigenvalue weighted by molar-refractivity contribution is 6.10. The maximum atomic E-state index is 2.69. The average Bonchev–Trinajstić information content (AvgIpc) is 4.13. The first-order valence-corrected chi connectivity index (χ1v) is 30.9. The molecule has 10 aromatic rings. The highest BCUT2D eigenvalue weighted by Gasteiger charge is 2.43. The van der Waals surface area contributed by atoms with E-state index in [1.807, 2.05) is 0 Å². The Morgan fingerprint density at radius 3 is 1.12 bits per heavy atom. The Labute approximate surface area is 499 Å². The minimum Gasteiger partial charge on any atom is -0.334 e. The lowest BCUT2D eigenvalue weighted by molar-refractivity contribution is 0.593. The summed E-state index contributed by atoms with van der Waals surface area (Å²) in [5.74, 6) is 0. The van der Waals surface area contributed by atoms with Crippen LogP contribution in [0.3, 0.4) is 0 Å². The van der Waals surface area contributed by atoms with E-state index in [1.165, 1.54) is 144 Å². The van der Waals surface area contributed by atoms with Crippen LogP contribution >= 0.6 is 0 Å². The van der Waals surface area contributed by atoms with Gasteiger partial charge < -0.3 is 9.80 Å². The molecule has 1 atom stereocenters. The van der Waals surface area contributed by atoms with Crippen LogP contribution in [-0.4, -0.2) is 6.04 Å². The minimum atomic E-state index is -0.205. The maximum Gasteiger partial charge on any atom is 0.0563 e. The number of nitrogens with zero attached hydrogens (tertiary/aromatic N) is 2. The molecule has 0 saturated heterocycles. The average molecular weight is 1090 g/mol. The number of hydrogen-bond donors (Lipinski definition) is 0. The molecule has 10 aromatic carbocycles. The van der Waals surface area contributed by atoms with Gasteiger partial charge in [-0.1, -0.05) is 236 Å². The lowest BCUT2D eigenvalue weighted by Gasteiger charge is -2.37. The summed E-state index contributed by atoms with van der Waals surface area (Å²) in [6.45, 7) is 33.8. The predicted molar refractivity (Wildman–Crippen MR) is 359 cm³/mol. The monoisotopic (exact) mass is 1090 g/mol. The van der Waals surface area contributed by atoms with Crippen LogP contribution in [0.5, 0.6) is 0 Å². The molecule has 1 unspecified atom stereocenters. The first-order chi connectivity index (χ1) is 40.0. The van der Waals surface area contributed by atoms with Crippen LogP contribution in [0.2, 0.25) is 0 Å². The van der Waals surface area contributed by atoms with Crippen LogP contribution in [0.4, 0.5) is 28.4 Å². The van der Waals surface area contributed by atoms with E-state index < -0.39 is 0 Å². The van der Waals surface area contributed by atoms with Gasteiger partial charge in [0, 0.05) is 50.1 Å². The fourth-order valence-electron chi connectivity index (χ4n) is 16.7. The first kappa shape index (κ1) is 52.6. The number of benzene rings is 10. The topological polar surface area (TPSA) is 6.48 Å². The minimum absolute atomic E-state index is 0.0896. The summed E-state index contributed by atoms with van der Waals surface area (Å²) < 4.78 is 0. The lowest BCUT2D eigenvalue weighted by atomic mass is 9.74. The first-order valence-electron chi connectivity index (χ1n) is 30.9.